The van der Waals surface area contributed by atoms with Crippen molar-refractivity contribution in [1.29, 1.82) is 0 Å². The SMILES string of the molecule is Cc1c(Cl)cccc1NC1CCC1C(=O)O. The number of anilines is 1. The van der Waals surface area contributed by atoms with E-state index in [-0.39, 0.29) is 12.0 Å². The molecule has 0 saturated heterocycles. The minimum Gasteiger partial charge on any atom is -0.481 e. The third-order valence-electron chi connectivity index (χ3n) is 3.20. The molecule has 16 heavy (non-hydrogen) atoms. The normalized spacial score (nSPS) is 23.6. The van der Waals surface area contributed by atoms with Crippen molar-refractivity contribution in [2.24, 2.45) is 5.92 Å². The van der Waals surface area contributed by atoms with Crippen LogP contribution < -0.4 is 5.32 Å². The van der Waals surface area contributed by atoms with Crippen molar-refractivity contribution in [3.63, 3.8) is 0 Å². The van der Waals surface area contributed by atoms with Crippen LogP contribution >= 0.6 is 11.6 Å². The molecule has 2 rings (SSSR count). The Morgan fingerprint density at radius 2 is 2.25 bits per heavy atom. The van der Waals surface area contributed by atoms with E-state index in [1.807, 2.05) is 25.1 Å². The van der Waals surface area contributed by atoms with Crippen LogP contribution in [-0.4, -0.2) is 17.1 Å². The molecule has 1 fully saturated rings. The maximum absolute atomic E-state index is 10.9. The molecule has 2 N–H and O–H groups in total. The fraction of sp³-hybridized carbons (Fsp3) is 0.417. The number of hydrogen-bond acceptors (Lipinski definition) is 2. The van der Waals surface area contributed by atoms with Crippen LogP contribution in [0.4, 0.5) is 5.69 Å². The number of nitrogens with one attached hydrogen (secondary N) is 1. The molecule has 1 saturated carbocycles. The molecular formula is C12H14ClNO2. The number of halogens is 1. The van der Waals surface area contributed by atoms with E-state index in [9.17, 15) is 4.79 Å². The molecule has 1 aromatic rings. The Balaban J connectivity index is 2.10. The summed E-state index contributed by atoms with van der Waals surface area (Å²) in [4.78, 5) is 10.9. The summed E-state index contributed by atoms with van der Waals surface area (Å²) >= 11 is 6.00. The molecule has 0 aliphatic heterocycles. The first-order valence-electron chi connectivity index (χ1n) is 5.34. The first-order chi connectivity index (χ1) is 7.59. The summed E-state index contributed by atoms with van der Waals surface area (Å²) in [5.41, 5.74) is 1.91. The van der Waals surface area contributed by atoms with Crippen molar-refractivity contribution in [2.75, 3.05) is 5.32 Å². The first kappa shape index (κ1) is 11.3. The maximum atomic E-state index is 10.9. The highest BCUT2D eigenvalue weighted by Crippen LogP contribution is 2.32. The van der Waals surface area contributed by atoms with Crippen molar-refractivity contribution < 1.29 is 9.90 Å². The van der Waals surface area contributed by atoms with Gasteiger partial charge in [0.25, 0.3) is 0 Å². The molecule has 0 spiro atoms. The van der Waals surface area contributed by atoms with Gasteiger partial charge in [0.05, 0.1) is 5.92 Å². The van der Waals surface area contributed by atoms with Crippen LogP contribution in [0.1, 0.15) is 18.4 Å². The van der Waals surface area contributed by atoms with Crippen LogP contribution in [0.3, 0.4) is 0 Å². The Labute approximate surface area is 99.4 Å². The number of rotatable bonds is 3. The molecule has 1 aromatic carbocycles. The van der Waals surface area contributed by atoms with Crippen molar-refractivity contribution in [3.8, 4) is 0 Å². The van der Waals surface area contributed by atoms with Gasteiger partial charge in [0, 0.05) is 16.8 Å². The number of carboxylic acids is 1. The molecule has 1 aliphatic rings. The van der Waals surface area contributed by atoms with Gasteiger partial charge in [-0.2, -0.15) is 0 Å². The number of carbonyl (C=O) groups is 1. The van der Waals surface area contributed by atoms with Crippen LogP contribution in [-0.2, 0) is 4.79 Å². The lowest BCUT2D eigenvalue weighted by atomic mass is 9.79. The van der Waals surface area contributed by atoms with E-state index in [0.717, 1.165) is 24.1 Å². The van der Waals surface area contributed by atoms with Gasteiger partial charge in [0.15, 0.2) is 0 Å². The van der Waals surface area contributed by atoms with Gasteiger partial charge in [-0.3, -0.25) is 4.79 Å². The third kappa shape index (κ3) is 2.00. The van der Waals surface area contributed by atoms with Gasteiger partial charge in [-0.1, -0.05) is 17.7 Å². The fourth-order valence-electron chi connectivity index (χ4n) is 1.93. The molecule has 0 radical (unpaired) electrons. The Bertz CT molecular complexity index is 419. The van der Waals surface area contributed by atoms with Gasteiger partial charge < -0.3 is 10.4 Å². The lowest BCUT2D eigenvalue weighted by Crippen LogP contribution is -2.43. The smallest absolute Gasteiger partial charge is 0.308 e. The van der Waals surface area contributed by atoms with Crippen LogP contribution in [0.5, 0.6) is 0 Å². The molecule has 0 aromatic heterocycles. The second-order valence-corrected chi connectivity index (χ2v) is 4.59. The maximum Gasteiger partial charge on any atom is 0.308 e. The molecule has 0 bridgehead atoms. The van der Waals surface area contributed by atoms with E-state index in [0.29, 0.717) is 5.02 Å². The molecule has 1 aliphatic carbocycles. The zero-order valence-corrected chi connectivity index (χ0v) is 9.79. The van der Waals surface area contributed by atoms with E-state index in [1.54, 1.807) is 0 Å². The standard InChI is InChI=1S/C12H14ClNO2/c1-7-9(13)3-2-4-10(7)14-11-6-5-8(11)12(15)16/h2-4,8,11,14H,5-6H2,1H3,(H,15,16). The average Bonchev–Trinajstić information content (AvgIpc) is 2.17. The Hall–Kier alpha value is -1.22. The molecule has 0 amide bonds. The van der Waals surface area contributed by atoms with E-state index >= 15 is 0 Å². The van der Waals surface area contributed by atoms with Gasteiger partial charge in [0.1, 0.15) is 0 Å². The Kier molecular flexibility index (Phi) is 3.06. The second kappa shape index (κ2) is 4.34. The van der Waals surface area contributed by atoms with Gasteiger partial charge in [-0.05, 0) is 37.5 Å². The summed E-state index contributed by atoms with van der Waals surface area (Å²) in [6.45, 7) is 1.93. The lowest BCUT2D eigenvalue weighted by Gasteiger charge is -2.35. The Morgan fingerprint density at radius 1 is 1.50 bits per heavy atom. The topological polar surface area (TPSA) is 49.3 Å². The summed E-state index contributed by atoms with van der Waals surface area (Å²) in [5.74, 6) is -0.984. The second-order valence-electron chi connectivity index (χ2n) is 4.19. The molecule has 2 atom stereocenters. The van der Waals surface area contributed by atoms with Crippen LogP contribution in [0.15, 0.2) is 18.2 Å². The molecule has 3 nitrogen and oxygen atoms in total. The van der Waals surface area contributed by atoms with Crippen molar-refractivity contribution in [2.45, 2.75) is 25.8 Å². The van der Waals surface area contributed by atoms with Gasteiger partial charge >= 0.3 is 5.97 Å². The zero-order chi connectivity index (χ0) is 11.7. The van der Waals surface area contributed by atoms with E-state index in [4.69, 9.17) is 16.7 Å². The monoisotopic (exact) mass is 239 g/mol. The predicted octanol–water partition coefficient (Wildman–Crippen LogP) is 2.92. The Morgan fingerprint density at radius 3 is 2.81 bits per heavy atom. The van der Waals surface area contributed by atoms with Crippen molar-refractivity contribution in [3.05, 3.63) is 28.8 Å². The summed E-state index contributed by atoms with van der Waals surface area (Å²) in [6.07, 6.45) is 1.66. The summed E-state index contributed by atoms with van der Waals surface area (Å²) < 4.78 is 0. The number of aliphatic carboxylic acids is 1. The highest BCUT2D eigenvalue weighted by atomic mass is 35.5. The minimum absolute atomic E-state index is 0.0367. The summed E-state index contributed by atoms with van der Waals surface area (Å²) in [5, 5.41) is 12.9. The predicted molar refractivity (Wildman–Crippen MR) is 64.0 cm³/mol. The van der Waals surface area contributed by atoms with Gasteiger partial charge in [0.2, 0.25) is 0 Å². The highest BCUT2D eigenvalue weighted by molar-refractivity contribution is 6.31. The lowest BCUT2D eigenvalue weighted by molar-refractivity contribution is -0.144. The summed E-state index contributed by atoms with van der Waals surface area (Å²) in [7, 11) is 0. The van der Waals surface area contributed by atoms with E-state index in [1.165, 1.54) is 0 Å². The zero-order valence-electron chi connectivity index (χ0n) is 9.03. The molecule has 2 unspecified atom stereocenters. The molecule has 0 heterocycles. The van der Waals surface area contributed by atoms with Crippen LogP contribution in [0, 0.1) is 12.8 Å². The fourth-order valence-corrected chi connectivity index (χ4v) is 2.11. The van der Waals surface area contributed by atoms with Crippen molar-refractivity contribution >= 4 is 23.3 Å². The highest BCUT2D eigenvalue weighted by Gasteiger charge is 2.36. The van der Waals surface area contributed by atoms with E-state index in [2.05, 4.69) is 5.32 Å². The third-order valence-corrected chi connectivity index (χ3v) is 3.61. The van der Waals surface area contributed by atoms with Crippen LogP contribution in [0.25, 0.3) is 0 Å². The van der Waals surface area contributed by atoms with Crippen molar-refractivity contribution in [1.82, 2.24) is 0 Å². The van der Waals surface area contributed by atoms with Crippen LogP contribution in [0.2, 0.25) is 5.02 Å². The minimum atomic E-state index is -0.719. The quantitative estimate of drug-likeness (QED) is 0.853. The number of carboxylic acid groups (broad SMARTS) is 1. The molecule has 4 heteroatoms. The number of benzene rings is 1. The largest absolute Gasteiger partial charge is 0.481 e. The van der Waals surface area contributed by atoms with E-state index < -0.39 is 5.97 Å². The van der Waals surface area contributed by atoms with Gasteiger partial charge in [-0.15, -0.1) is 0 Å². The molecular weight excluding hydrogens is 226 g/mol. The molecule has 86 valence electrons. The summed E-state index contributed by atoms with van der Waals surface area (Å²) in [6, 6.07) is 5.66. The van der Waals surface area contributed by atoms with Gasteiger partial charge in [-0.25, -0.2) is 0 Å². The first-order valence-corrected chi connectivity index (χ1v) is 5.72. The number of hydrogen-bond donors (Lipinski definition) is 2. The average molecular weight is 240 g/mol.